The van der Waals surface area contributed by atoms with Crippen LogP contribution in [-0.4, -0.2) is 37.9 Å². The lowest BCUT2D eigenvalue weighted by atomic mass is 9.76. The van der Waals surface area contributed by atoms with Crippen molar-refractivity contribution in [2.45, 2.75) is 26.3 Å². The predicted molar refractivity (Wildman–Crippen MR) is 67.3 cm³/mol. The van der Waals surface area contributed by atoms with Gasteiger partial charge in [0.1, 0.15) is 0 Å². The first-order valence-electron chi connectivity index (χ1n) is 5.81. The Morgan fingerprint density at radius 2 is 1.89 bits per heavy atom. The summed E-state index contributed by atoms with van der Waals surface area (Å²) in [6, 6.07) is -0.263. The maximum Gasteiger partial charge on any atom is 0.329 e. The second-order valence-electron chi connectivity index (χ2n) is 4.56. The van der Waals surface area contributed by atoms with Crippen molar-refractivity contribution in [1.29, 1.82) is 0 Å². The standard InChI is InChI=1S/C13H19NO4/c1-6-9-7-13(11(15)17-4,12(16)18-5)10(14-9)8(2)3/h6,8-9H,1,7H2,2-5H3. The third-order valence-corrected chi connectivity index (χ3v) is 3.14. The number of hydrogen-bond acceptors (Lipinski definition) is 5. The van der Waals surface area contributed by atoms with E-state index in [1.165, 1.54) is 14.2 Å². The molecule has 0 aliphatic carbocycles. The van der Waals surface area contributed by atoms with E-state index in [0.717, 1.165) is 0 Å². The third kappa shape index (κ3) is 2.05. The number of carbonyl (C=O) groups is 2. The molecule has 0 aromatic carbocycles. The van der Waals surface area contributed by atoms with Crippen LogP contribution in [0.25, 0.3) is 0 Å². The fourth-order valence-corrected chi connectivity index (χ4v) is 2.34. The maximum absolute atomic E-state index is 12.1. The minimum absolute atomic E-state index is 0.0480. The molecule has 1 heterocycles. The van der Waals surface area contributed by atoms with Gasteiger partial charge in [-0.2, -0.15) is 0 Å². The zero-order valence-corrected chi connectivity index (χ0v) is 11.2. The van der Waals surface area contributed by atoms with E-state index in [1.54, 1.807) is 6.08 Å². The molecule has 0 fully saturated rings. The van der Waals surface area contributed by atoms with E-state index in [9.17, 15) is 9.59 Å². The molecule has 5 heteroatoms. The highest BCUT2D eigenvalue weighted by molar-refractivity contribution is 6.23. The van der Waals surface area contributed by atoms with Crippen molar-refractivity contribution in [2.75, 3.05) is 14.2 Å². The molecule has 0 saturated heterocycles. The normalized spacial score (nSPS) is 21.4. The maximum atomic E-state index is 12.1. The topological polar surface area (TPSA) is 65.0 Å². The van der Waals surface area contributed by atoms with E-state index in [4.69, 9.17) is 9.47 Å². The quantitative estimate of drug-likeness (QED) is 0.431. The Kier molecular flexibility index (Phi) is 4.27. The zero-order valence-electron chi connectivity index (χ0n) is 11.2. The summed E-state index contributed by atoms with van der Waals surface area (Å²) >= 11 is 0. The van der Waals surface area contributed by atoms with E-state index in [2.05, 4.69) is 11.6 Å². The highest BCUT2D eigenvalue weighted by atomic mass is 16.5. The summed E-state index contributed by atoms with van der Waals surface area (Å²) in [7, 11) is 2.51. The molecule has 1 rings (SSSR count). The molecule has 0 N–H and O–H groups in total. The van der Waals surface area contributed by atoms with Crippen LogP contribution in [0.5, 0.6) is 0 Å². The largest absolute Gasteiger partial charge is 0.468 e. The van der Waals surface area contributed by atoms with E-state index in [1.807, 2.05) is 13.8 Å². The Bertz CT molecular complexity index is 382. The summed E-state index contributed by atoms with van der Waals surface area (Å²) in [6.45, 7) is 7.42. The first kappa shape index (κ1) is 14.4. The molecular weight excluding hydrogens is 234 g/mol. The van der Waals surface area contributed by atoms with Crippen molar-refractivity contribution in [1.82, 2.24) is 0 Å². The molecule has 18 heavy (non-hydrogen) atoms. The molecule has 1 aliphatic heterocycles. The van der Waals surface area contributed by atoms with Gasteiger partial charge in [0, 0.05) is 12.1 Å². The summed E-state index contributed by atoms with van der Waals surface area (Å²) in [6.07, 6.45) is 1.85. The first-order valence-corrected chi connectivity index (χ1v) is 5.81. The Labute approximate surface area is 107 Å². The molecule has 5 nitrogen and oxygen atoms in total. The van der Waals surface area contributed by atoms with Crippen LogP contribution in [0, 0.1) is 11.3 Å². The summed E-state index contributed by atoms with van der Waals surface area (Å²) < 4.78 is 9.56. The predicted octanol–water partition coefficient (Wildman–Crippen LogP) is 1.37. The minimum Gasteiger partial charge on any atom is -0.468 e. The van der Waals surface area contributed by atoms with Crippen molar-refractivity contribution >= 4 is 17.7 Å². The second kappa shape index (κ2) is 5.33. The van der Waals surface area contributed by atoms with Crippen LogP contribution in [-0.2, 0) is 19.1 Å². The van der Waals surface area contributed by atoms with Crippen LogP contribution in [0.2, 0.25) is 0 Å². The van der Waals surface area contributed by atoms with Gasteiger partial charge >= 0.3 is 11.9 Å². The van der Waals surface area contributed by atoms with Gasteiger partial charge < -0.3 is 9.47 Å². The molecule has 0 saturated carbocycles. The second-order valence-corrected chi connectivity index (χ2v) is 4.56. The fourth-order valence-electron chi connectivity index (χ4n) is 2.34. The molecule has 0 amide bonds. The Morgan fingerprint density at radius 3 is 2.22 bits per heavy atom. The van der Waals surface area contributed by atoms with Gasteiger partial charge in [-0.1, -0.05) is 19.9 Å². The van der Waals surface area contributed by atoms with Crippen LogP contribution in [0.3, 0.4) is 0 Å². The first-order chi connectivity index (χ1) is 8.43. The molecule has 0 aromatic rings. The fraction of sp³-hybridized carbons (Fsp3) is 0.615. The van der Waals surface area contributed by atoms with Gasteiger partial charge in [0.15, 0.2) is 0 Å². The van der Waals surface area contributed by atoms with Crippen molar-refractivity contribution < 1.29 is 19.1 Å². The number of aliphatic imine (C=N–C) groups is 1. The lowest BCUT2D eigenvalue weighted by Crippen LogP contribution is -2.47. The van der Waals surface area contributed by atoms with Crippen molar-refractivity contribution in [3.05, 3.63) is 12.7 Å². The van der Waals surface area contributed by atoms with Gasteiger partial charge in [0.2, 0.25) is 5.41 Å². The smallest absolute Gasteiger partial charge is 0.329 e. The number of hydrogen-bond donors (Lipinski definition) is 0. The number of ether oxygens (including phenoxy) is 2. The molecule has 100 valence electrons. The molecule has 0 spiro atoms. The summed E-state index contributed by atoms with van der Waals surface area (Å²) in [5, 5.41) is 0. The van der Waals surface area contributed by atoms with Gasteiger partial charge in [-0.15, -0.1) is 6.58 Å². The van der Waals surface area contributed by atoms with Gasteiger partial charge in [0.25, 0.3) is 0 Å². The number of methoxy groups -OCH3 is 2. The molecule has 0 aromatic heterocycles. The van der Waals surface area contributed by atoms with Crippen LogP contribution < -0.4 is 0 Å². The Morgan fingerprint density at radius 1 is 1.39 bits per heavy atom. The van der Waals surface area contributed by atoms with Crippen LogP contribution in [0.1, 0.15) is 20.3 Å². The van der Waals surface area contributed by atoms with Crippen molar-refractivity contribution in [3.8, 4) is 0 Å². The van der Waals surface area contributed by atoms with Crippen LogP contribution >= 0.6 is 0 Å². The summed E-state index contributed by atoms with van der Waals surface area (Å²) in [5.41, 5.74) is -0.914. The zero-order chi connectivity index (χ0) is 13.9. The average Bonchev–Trinajstić information content (AvgIpc) is 2.77. The van der Waals surface area contributed by atoms with E-state index >= 15 is 0 Å². The average molecular weight is 253 g/mol. The highest BCUT2D eigenvalue weighted by Gasteiger charge is 2.57. The minimum atomic E-state index is -1.42. The molecular formula is C13H19NO4. The monoisotopic (exact) mass is 253 g/mol. The highest BCUT2D eigenvalue weighted by Crippen LogP contribution is 2.39. The number of rotatable bonds is 4. The molecule has 0 radical (unpaired) electrons. The van der Waals surface area contributed by atoms with E-state index in [-0.39, 0.29) is 18.4 Å². The SMILES string of the molecule is C=CC1CC(C(=O)OC)(C(=O)OC)C(C(C)C)=N1. The summed E-state index contributed by atoms with van der Waals surface area (Å²) in [4.78, 5) is 28.5. The van der Waals surface area contributed by atoms with E-state index in [0.29, 0.717) is 5.71 Å². The van der Waals surface area contributed by atoms with E-state index < -0.39 is 17.4 Å². The molecule has 1 aliphatic rings. The lowest BCUT2D eigenvalue weighted by Gasteiger charge is -2.26. The molecule has 0 bridgehead atoms. The van der Waals surface area contributed by atoms with Gasteiger partial charge in [-0.25, -0.2) is 0 Å². The van der Waals surface area contributed by atoms with Crippen molar-refractivity contribution in [2.24, 2.45) is 16.3 Å². The van der Waals surface area contributed by atoms with Gasteiger partial charge in [-0.3, -0.25) is 14.6 Å². The molecule has 1 unspecified atom stereocenters. The molecule has 1 atom stereocenters. The number of nitrogens with zero attached hydrogens (tertiary/aromatic N) is 1. The van der Waals surface area contributed by atoms with Crippen LogP contribution in [0.4, 0.5) is 0 Å². The summed E-state index contributed by atoms with van der Waals surface area (Å²) in [5.74, 6) is -1.29. The van der Waals surface area contributed by atoms with Crippen molar-refractivity contribution in [3.63, 3.8) is 0 Å². The number of esters is 2. The Hall–Kier alpha value is -1.65. The van der Waals surface area contributed by atoms with Gasteiger partial charge in [-0.05, 0) is 5.92 Å². The number of carbonyl (C=O) groups excluding carboxylic acids is 2. The lowest BCUT2D eigenvalue weighted by molar-refractivity contribution is -0.163. The third-order valence-electron chi connectivity index (χ3n) is 3.14. The van der Waals surface area contributed by atoms with Gasteiger partial charge in [0.05, 0.1) is 20.3 Å². The Balaban J connectivity index is 3.34. The van der Waals surface area contributed by atoms with Crippen LogP contribution in [0.15, 0.2) is 17.6 Å².